The number of ether oxygens (including phenoxy) is 1. The average Bonchev–Trinajstić information content (AvgIpc) is 2.76. The van der Waals surface area contributed by atoms with Crippen molar-refractivity contribution in [1.29, 1.82) is 0 Å². The molecule has 106 valence electrons. The van der Waals surface area contributed by atoms with E-state index in [1.54, 1.807) is 7.11 Å². The van der Waals surface area contributed by atoms with E-state index in [9.17, 15) is 5.11 Å². The molecule has 3 nitrogen and oxygen atoms in total. The van der Waals surface area contributed by atoms with Crippen LogP contribution in [-0.2, 0) is 6.42 Å². The molecule has 0 bridgehead atoms. The lowest BCUT2D eigenvalue weighted by molar-refractivity contribution is 0.156. The fraction of sp³-hybridized carbons (Fsp3) is 0.375. The summed E-state index contributed by atoms with van der Waals surface area (Å²) in [6, 6.07) is 8.19. The topological polar surface area (TPSA) is 34.4 Å². The van der Waals surface area contributed by atoms with Gasteiger partial charge >= 0.3 is 0 Å². The van der Waals surface area contributed by atoms with Crippen LogP contribution in [0.15, 0.2) is 28.7 Å². The first-order chi connectivity index (χ1) is 9.61. The van der Waals surface area contributed by atoms with Gasteiger partial charge in [0.2, 0.25) is 0 Å². The summed E-state index contributed by atoms with van der Waals surface area (Å²) in [5, 5.41) is 10.1. The lowest BCUT2D eigenvalue weighted by atomic mass is 9.95. The highest BCUT2D eigenvalue weighted by atomic mass is 79.9. The quantitative estimate of drug-likeness (QED) is 0.902. The molecule has 0 saturated carbocycles. The Morgan fingerprint density at radius 3 is 2.85 bits per heavy atom. The third-order valence-electron chi connectivity index (χ3n) is 3.96. The van der Waals surface area contributed by atoms with Gasteiger partial charge < -0.3 is 14.4 Å². The Morgan fingerprint density at radius 2 is 2.15 bits per heavy atom. The summed E-state index contributed by atoms with van der Waals surface area (Å²) in [5.41, 5.74) is 4.58. The van der Waals surface area contributed by atoms with Crippen LogP contribution in [0.25, 0.3) is 5.69 Å². The second-order valence-corrected chi connectivity index (χ2v) is 6.10. The number of aromatic nitrogens is 1. The molecule has 20 heavy (non-hydrogen) atoms. The highest BCUT2D eigenvalue weighted by molar-refractivity contribution is 9.10. The molecule has 0 amide bonds. The molecule has 1 aromatic heterocycles. The van der Waals surface area contributed by atoms with Gasteiger partial charge in [-0.3, -0.25) is 0 Å². The van der Waals surface area contributed by atoms with Gasteiger partial charge in [0, 0.05) is 22.6 Å². The zero-order valence-electron chi connectivity index (χ0n) is 11.7. The van der Waals surface area contributed by atoms with E-state index in [-0.39, 0.29) is 6.10 Å². The molecule has 1 unspecified atom stereocenters. The summed E-state index contributed by atoms with van der Waals surface area (Å²) in [4.78, 5) is 0. The Hall–Kier alpha value is -1.26. The fourth-order valence-corrected chi connectivity index (χ4v) is 3.56. The number of halogens is 1. The van der Waals surface area contributed by atoms with Crippen LogP contribution in [-0.4, -0.2) is 16.8 Å². The SMILES string of the molecule is COc1ccc(-n2c(C)cc3c2CCCC3O)cc1Br. The molecule has 0 aliphatic heterocycles. The van der Waals surface area contributed by atoms with Crippen molar-refractivity contribution in [3.05, 3.63) is 45.7 Å². The lowest BCUT2D eigenvalue weighted by Crippen LogP contribution is -2.11. The molecule has 0 spiro atoms. The highest BCUT2D eigenvalue weighted by Crippen LogP contribution is 2.35. The molecular weight excluding hydrogens is 318 g/mol. The molecule has 3 rings (SSSR count). The van der Waals surface area contributed by atoms with Gasteiger partial charge in [-0.25, -0.2) is 0 Å². The zero-order valence-corrected chi connectivity index (χ0v) is 13.3. The number of aliphatic hydroxyl groups excluding tert-OH is 1. The van der Waals surface area contributed by atoms with Crippen molar-refractivity contribution in [2.75, 3.05) is 7.11 Å². The van der Waals surface area contributed by atoms with Crippen molar-refractivity contribution < 1.29 is 9.84 Å². The zero-order chi connectivity index (χ0) is 14.3. The molecule has 0 fully saturated rings. The van der Waals surface area contributed by atoms with Crippen LogP contribution in [0, 0.1) is 6.92 Å². The van der Waals surface area contributed by atoms with Crippen LogP contribution in [0.5, 0.6) is 5.75 Å². The van der Waals surface area contributed by atoms with Crippen LogP contribution in [0.4, 0.5) is 0 Å². The summed E-state index contributed by atoms with van der Waals surface area (Å²) in [7, 11) is 1.67. The number of hydrogen-bond acceptors (Lipinski definition) is 2. The van der Waals surface area contributed by atoms with Gasteiger partial charge in [-0.05, 0) is 66.4 Å². The van der Waals surface area contributed by atoms with E-state index >= 15 is 0 Å². The van der Waals surface area contributed by atoms with E-state index in [0.29, 0.717) is 0 Å². The van der Waals surface area contributed by atoms with Crippen molar-refractivity contribution in [2.45, 2.75) is 32.3 Å². The molecule has 1 N–H and O–H groups in total. The summed E-state index contributed by atoms with van der Waals surface area (Å²) in [6.45, 7) is 2.09. The Balaban J connectivity index is 2.13. The third-order valence-corrected chi connectivity index (χ3v) is 4.58. The van der Waals surface area contributed by atoms with E-state index in [0.717, 1.165) is 46.4 Å². The van der Waals surface area contributed by atoms with Gasteiger partial charge in [0.1, 0.15) is 5.75 Å². The van der Waals surface area contributed by atoms with E-state index in [4.69, 9.17) is 4.74 Å². The van der Waals surface area contributed by atoms with Crippen LogP contribution < -0.4 is 4.74 Å². The number of aliphatic hydroxyl groups is 1. The molecule has 4 heteroatoms. The van der Waals surface area contributed by atoms with E-state index in [1.165, 1.54) is 5.69 Å². The summed E-state index contributed by atoms with van der Waals surface area (Å²) >= 11 is 3.54. The van der Waals surface area contributed by atoms with Crippen LogP contribution >= 0.6 is 15.9 Å². The number of benzene rings is 1. The number of rotatable bonds is 2. The van der Waals surface area contributed by atoms with Crippen LogP contribution in [0.3, 0.4) is 0 Å². The Kier molecular flexibility index (Phi) is 3.61. The van der Waals surface area contributed by atoms with Gasteiger partial charge in [-0.15, -0.1) is 0 Å². The first-order valence-electron chi connectivity index (χ1n) is 6.85. The van der Waals surface area contributed by atoms with Crippen molar-refractivity contribution in [3.8, 4) is 11.4 Å². The molecular formula is C16H18BrNO2. The van der Waals surface area contributed by atoms with Gasteiger partial charge in [0.25, 0.3) is 0 Å². The van der Waals surface area contributed by atoms with Crippen molar-refractivity contribution in [1.82, 2.24) is 4.57 Å². The van der Waals surface area contributed by atoms with Crippen LogP contribution in [0.2, 0.25) is 0 Å². The summed E-state index contributed by atoms with van der Waals surface area (Å²) in [5.74, 6) is 0.826. The number of fused-ring (bicyclic) bond motifs is 1. The number of methoxy groups -OCH3 is 1. The van der Waals surface area contributed by atoms with Gasteiger partial charge in [-0.2, -0.15) is 0 Å². The van der Waals surface area contributed by atoms with Crippen molar-refractivity contribution >= 4 is 15.9 Å². The standard InChI is InChI=1S/C16H18BrNO2/c1-10-8-12-14(4-3-5-15(12)19)18(10)11-6-7-16(20-2)13(17)9-11/h6-9,15,19H,3-5H2,1-2H3. The van der Waals surface area contributed by atoms with Crippen molar-refractivity contribution in [2.24, 2.45) is 0 Å². The second-order valence-electron chi connectivity index (χ2n) is 5.25. The summed E-state index contributed by atoms with van der Waals surface area (Å²) in [6.07, 6.45) is 2.60. The minimum atomic E-state index is -0.319. The van der Waals surface area contributed by atoms with E-state index < -0.39 is 0 Å². The van der Waals surface area contributed by atoms with Crippen LogP contribution in [0.1, 0.15) is 35.9 Å². The lowest BCUT2D eigenvalue weighted by Gasteiger charge is -2.21. The normalized spacial score (nSPS) is 17.9. The first kappa shape index (κ1) is 13.7. The molecule has 0 saturated heterocycles. The highest BCUT2D eigenvalue weighted by Gasteiger charge is 2.23. The number of hydrogen-bond donors (Lipinski definition) is 1. The molecule has 0 radical (unpaired) electrons. The molecule has 1 atom stereocenters. The third kappa shape index (κ3) is 2.17. The van der Waals surface area contributed by atoms with E-state index in [2.05, 4.69) is 45.6 Å². The smallest absolute Gasteiger partial charge is 0.133 e. The minimum absolute atomic E-state index is 0.319. The predicted molar refractivity (Wildman–Crippen MR) is 82.7 cm³/mol. The maximum absolute atomic E-state index is 10.1. The Morgan fingerprint density at radius 1 is 1.35 bits per heavy atom. The number of aryl methyl sites for hydroxylation is 1. The molecule has 1 aliphatic carbocycles. The maximum atomic E-state index is 10.1. The van der Waals surface area contributed by atoms with Crippen molar-refractivity contribution in [3.63, 3.8) is 0 Å². The second kappa shape index (κ2) is 5.26. The molecule has 1 aromatic carbocycles. The van der Waals surface area contributed by atoms with E-state index in [1.807, 2.05) is 6.07 Å². The molecule has 2 aromatic rings. The Bertz CT molecular complexity index is 648. The number of nitrogens with zero attached hydrogens (tertiary/aromatic N) is 1. The maximum Gasteiger partial charge on any atom is 0.133 e. The average molecular weight is 336 g/mol. The largest absolute Gasteiger partial charge is 0.496 e. The predicted octanol–water partition coefficient (Wildman–Crippen LogP) is 3.93. The summed E-state index contributed by atoms with van der Waals surface area (Å²) < 4.78 is 8.46. The fourth-order valence-electron chi connectivity index (χ4n) is 3.03. The molecule has 1 aliphatic rings. The van der Waals surface area contributed by atoms with Gasteiger partial charge in [0.15, 0.2) is 0 Å². The monoisotopic (exact) mass is 335 g/mol. The first-order valence-corrected chi connectivity index (χ1v) is 7.64. The van der Waals surface area contributed by atoms with Gasteiger partial charge in [-0.1, -0.05) is 0 Å². The minimum Gasteiger partial charge on any atom is -0.496 e. The molecule has 1 heterocycles. The Labute approximate surface area is 127 Å². The van der Waals surface area contributed by atoms with Gasteiger partial charge in [0.05, 0.1) is 17.7 Å².